The molecule has 25 heavy (non-hydrogen) atoms. The molecule has 2 fully saturated rings. The molecule has 3 unspecified atom stereocenters. The molecule has 3 aliphatic heterocycles. The van der Waals surface area contributed by atoms with E-state index in [0.29, 0.717) is 6.42 Å². The fourth-order valence-electron chi connectivity index (χ4n) is 3.43. The van der Waals surface area contributed by atoms with Gasteiger partial charge in [-0.1, -0.05) is 6.92 Å². The average molecular weight is 377 g/mol. The van der Waals surface area contributed by atoms with E-state index in [0.717, 1.165) is 12.7 Å². The van der Waals surface area contributed by atoms with E-state index >= 15 is 0 Å². The molecule has 0 aromatic carbocycles. The first-order chi connectivity index (χ1) is 11.7. The van der Waals surface area contributed by atoms with Gasteiger partial charge in [-0.15, -0.1) is 0 Å². The fraction of sp³-hybridized carbons (Fsp3) is 0.786. The summed E-state index contributed by atoms with van der Waals surface area (Å²) in [5.74, 6) is 0. The van der Waals surface area contributed by atoms with Crippen LogP contribution in [-0.4, -0.2) is 71.7 Å². The lowest BCUT2D eigenvalue weighted by atomic mass is 9.96. The van der Waals surface area contributed by atoms with Crippen LogP contribution in [0.5, 0.6) is 0 Å². The van der Waals surface area contributed by atoms with Crippen molar-refractivity contribution in [1.29, 1.82) is 0 Å². The van der Waals surface area contributed by atoms with Gasteiger partial charge in [-0.25, -0.2) is 9.36 Å². The Balaban J connectivity index is 1.91. The lowest BCUT2D eigenvalue weighted by molar-refractivity contribution is -0.180. The highest BCUT2D eigenvalue weighted by Gasteiger charge is 2.65. The van der Waals surface area contributed by atoms with E-state index in [2.05, 4.69) is 4.52 Å². The highest BCUT2D eigenvalue weighted by molar-refractivity contribution is 7.47. The van der Waals surface area contributed by atoms with Crippen LogP contribution in [0, 0.1) is 0 Å². The number of amides is 2. The van der Waals surface area contributed by atoms with Crippen molar-refractivity contribution in [3.8, 4) is 0 Å². The zero-order chi connectivity index (χ0) is 18.6. The quantitative estimate of drug-likeness (QED) is 0.667. The summed E-state index contributed by atoms with van der Waals surface area (Å²) in [7, 11) is -1.55. The molecule has 10 nitrogen and oxygen atoms in total. The third-order valence-corrected chi connectivity index (χ3v) is 6.03. The number of fused-ring (bicyclic) bond motifs is 2. The second kappa shape index (κ2) is 6.31. The monoisotopic (exact) mass is 377 g/mol. The van der Waals surface area contributed by atoms with Gasteiger partial charge in [0.15, 0.2) is 6.23 Å². The summed E-state index contributed by atoms with van der Waals surface area (Å²) < 4.78 is 33.6. The van der Waals surface area contributed by atoms with Crippen LogP contribution in [0.25, 0.3) is 0 Å². The van der Waals surface area contributed by atoms with E-state index in [-0.39, 0.29) is 12.6 Å². The smallest absolute Gasteiger partial charge is 0.368 e. The molecule has 0 aromatic heterocycles. The van der Waals surface area contributed by atoms with Gasteiger partial charge in [0, 0.05) is 20.4 Å². The van der Waals surface area contributed by atoms with Crippen LogP contribution in [0.4, 0.5) is 4.79 Å². The maximum Gasteiger partial charge on any atom is 0.472 e. The molecule has 0 spiro atoms. The highest BCUT2D eigenvalue weighted by atomic mass is 31.2. The highest BCUT2D eigenvalue weighted by Crippen LogP contribution is 2.53. The number of carbonyl (C=O) groups excluding carboxylic acids is 1. The van der Waals surface area contributed by atoms with Gasteiger partial charge in [0.25, 0.3) is 0 Å². The normalized spacial score (nSPS) is 40.4. The van der Waals surface area contributed by atoms with Crippen LogP contribution in [0.3, 0.4) is 0 Å². The summed E-state index contributed by atoms with van der Waals surface area (Å²) in [4.78, 5) is 25.1. The predicted molar refractivity (Wildman–Crippen MR) is 86.1 cm³/mol. The molecule has 2 bridgehead atoms. The van der Waals surface area contributed by atoms with Crippen LogP contribution in [0.1, 0.15) is 20.3 Å². The average Bonchev–Trinajstić information content (AvgIpc) is 3.08. The molecule has 0 aliphatic carbocycles. The van der Waals surface area contributed by atoms with Crippen molar-refractivity contribution in [3.05, 3.63) is 11.8 Å². The van der Waals surface area contributed by atoms with Gasteiger partial charge in [0.1, 0.15) is 24.0 Å². The van der Waals surface area contributed by atoms with Crippen molar-refractivity contribution in [2.75, 3.05) is 20.8 Å². The lowest BCUT2D eigenvalue weighted by Crippen LogP contribution is -2.58. The minimum absolute atomic E-state index is 0.207. The predicted octanol–water partition coefficient (Wildman–Crippen LogP) is 0.578. The van der Waals surface area contributed by atoms with Gasteiger partial charge in [-0.3, -0.25) is 13.9 Å². The Labute approximate surface area is 146 Å². The molecule has 142 valence electrons. The molecule has 3 N–H and O–H groups in total. The van der Waals surface area contributed by atoms with E-state index in [1.54, 1.807) is 13.2 Å². The molecule has 3 heterocycles. The zero-order valence-corrected chi connectivity index (χ0v) is 15.5. The Morgan fingerprint density at radius 2 is 2.24 bits per heavy atom. The molecule has 6 atom stereocenters. The minimum atomic E-state index is -4.24. The summed E-state index contributed by atoms with van der Waals surface area (Å²) in [6, 6.07) is -0.344. The van der Waals surface area contributed by atoms with Crippen LogP contribution in [-0.2, 0) is 23.1 Å². The largest absolute Gasteiger partial charge is 0.472 e. The SMILES string of the molecule is CC[C@]12CO[C@@H](C1OP(=O)(O)OC)[C@H](N1C=C(C)C(N)N(C)C1=O)O2. The van der Waals surface area contributed by atoms with E-state index in [9.17, 15) is 14.3 Å². The van der Waals surface area contributed by atoms with Gasteiger partial charge in [-0.05, 0) is 18.9 Å². The van der Waals surface area contributed by atoms with Crippen molar-refractivity contribution in [2.24, 2.45) is 5.73 Å². The first-order valence-electron chi connectivity index (χ1n) is 8.01. The molecule has 0 aromatic rings. The number of hydrogen-bond acceptors (Lipinski definition) is 7. The number of hydrogen-bond donors (Lipinski definition) is 2. The first-order valence-corrected chi connectivity index (χ1v) is 9.50. The Bertz CT molecular complexity index is 644. The van der Waals surface area contributed by atoms with Gasteiger partial charge in [0.2, 0.25) is 0 Å². The first kappa shape index (κ1) is 18.8. The van der Waals surface area contributed by atoms with Gasteiger partial charge < -0.3 is 25.0 Å². The van der Waals surface area contributed by atoms with E-state index < -0.39 is 38.0 Å². The zero-order valence-electron chi connectivity index (χ0n) is 14.6. The van der Waals surface area contributed by atoms with E-state index in [4.69, 9.17) is 19.7 Å². The number of rotatable bonds is 5. The van der Waals surface area contributed by atoms with Crippen molar-refractivity contribution in [2.45, 2.75) is 50.5 Å². The van der Waals surface area contributed by atoms with E-state index in [1.165, 1.54) is 9.80 Å². The van der Waals surface area contributed by atoms with Crippen LogP contribution >= 0.6 is 7.82 Å². The maximum absolute atomic E-state index is 12.6. The third kappa shape index (κ3) is 2.91. The summed E-state index contributed by atoms with van der Waals surface area (Å²) in [6.07, 6.45) is -0.743. The van der Waals surface area contributed by atoms with Crippen molar-refractivity contribution in [3.63, 3.8) is 0 Å². The topological polar surface area (TPSA) is 124 Å². The van der Waals surface area contributed by atoms with Crippen molar-refractivity contribution in [1.82, 2.24) is 9.80 Å². The van der Waals surface area contributed by atoms with Gasteiger partial charge in [-0.2, -0.15) is 0 Å². The standard InChI is InChI=1S/C14H24N3O7P/c1-5-14-7-22-9(10(14)24-25(19,20)21-4)12(23-14)17-6-8(2)11(15)16(3)13(17)18/h6,9-12H,5,7,15H2,1-4H3,(H,19,20)/t9-,10?,11?,12+,14-/m0/s1. The summed E-state index contributed by atoms with van der Waals surface area (Å²) in [6.45, 7) is 3.88. The van der Waals surface area contributed by atoms with Crippen LogP contribution in [0.2, 0.25) is 0 Å². The number of phosphoric acid groups is 1. The molecule has 2 amide bonds. The molecular formula is C14H24N3O7P. The second-order valence-corrected chi connectivity index (χ2v) is 8.01. The molecule has 11 heteroatoms. The minimum Gasteiger partial charge on any atom is -0.368 e. The lowest BCUT2D eigenvalue weighted by Gasteiger charge is -2.41. The summed E-state index contributed by atoms with van der Waals surface area (Å²) in [5.41, 5.74) is 5.81. The Morgan fingerprint density at radius 1 is 1.56 bits per heavy atom. The fourth-order valence-corrected chi connectivity index (χ4v) is 4.12. The Kier molecular flexibility index (Phi) is 4.74. The molecule has 0 radical (unpaired) electrons. The van der Waals surface area contributed by atoms with Crippen molar-refractivity contribution < 1.29 is 32.8 Å². The van der Waals surface area contributed by atoms with Crippen LogP contribution < -0.4 is 5.73 Å². The van der Waals surface area contributed by atoms with E-state index in [1.807, 2.05) is 13.8 Å². The molecular weight excluding hydrogens is 353 g/mol. The number of nitrogens with two attached hydrogens (primary N) is 1. The summed E-state index contributed by atoms with van der Waals surface area (Å²) >= 11 is 0. The third-order valence-electron chi connectivity index (χ3n) is 5.07. The van der Waals surface area contributed by atoms with Gasteiger partial charge in [0.05, 0.1) is 6.61 Å². The molecule has 2 saturated heterocycles. The molecule has 3 aliphatic rings. The molecule has 0 saturated carbocycles. The second-order valence-electron chi connectivity index (χ2n) is 6.50. The van der Waals surface area contributed by atoms with Gasteiger partial charge >= 0.3 is 13.9 Å². The number of carbonyl (C=O) groups is 1. The Hall–Kier alpha value is -1.00. The number of urea groups is 1. The van der Waals surface area contributed by atoms with Crippen LogP contribution in [0.15, 0.2) is 11.8 Å². The van der Waals surface area contributed by atoms with Crippen molar-refractivity contribution >= 4 is 13.9 Å². The number of phosphoric ester groups is 1. The number of nitrogens with zero attached hydrogens (tertiary/aromatic N) is 2. The maximum atomic E-state index is 12.6. The number of likely N-dealkylation sites (N-methyl/N-ethyl adjacent to an activating group) is 1. The molecule has 3 rings (SSSR count). The summed E-state index contributed by atoms with van der Waals surface area (Å²) in [5, 5.41) is 0. The Morgan fingerprint density at radius 3 is 2.84 bits per heavy atom. The number of ether oxygens (including phenoxy) is 2.